The molecule has 16 heavy (non-hydrogen) atoms. The number of hydrogen-bond acceptors (Lipinski definition) is 3. The SMILES string of the molecule is CC(C)COC1CCCCC1.CC(O)CO. The van der Waals surface area contributed by atoms with Crippen LogP contribution in [0, 0.1) is 5.92 Å². The topological polar surface area (TPSA) is 49.7 Å². The van der Waals surface area contributed by atoms with Gasteiger partial charge in [0.15, 0.2) is 0 Å². The molecule has 1 fully saturated rings. The highest BCUT2D eigenvalue weighted by molar-refractivity contribution is 4.65. The number of hydrogen-bond donors (Lipinski definition) is 2. The summed E-state index contributed by atoms with van der Waals surface area (Å²) in [6, 6.07) is 0. The Labute approximate surface area is 99.8 Å². The third-order valence-electron chi connectivity index (χ3n) is 2.48. The average molecular weight is 232 g/mol. The van der Waals surface area contributed by atoms with E-state index in [1.165, 1.54) is 39.0 Å². The molecule has 0 aromatic heterocycles. The van der Waals surface area contributed by atoms with Gasteiger partial charge in [-0.3, -0.25) is 0 Å². The van der Waals surface area contributed by atoms with Gasteiger partial charge in [-0.15, -0.1) is 0 Å². The summed E-state index contributed by atoms with van der Waals surface area (Å²) in [5.74, 6) is 0.692. The van der Waals surface area contributed by atoms with Crippen LogP contribution < -0.4 is 0 Å². The van der Waals surface area contributed by atoms with Gasteiger partial charge in [0.05, 0.1) is 18.8 Å². The molecule has 3 heteroatoms. The minimum atomic E-state index is -0.560. The summed E-state index contributed by atoms with van der Waals surface area (Å²) in [6.45, 7) is 6.76. The average Bonchev–Trinajstić information content (AvgIpc) is 2.28. The van der Waals surface area contributed by atoms with E-state index >= 15 is 0 Å². The quantitative estimate of drug-likeness (QED) is 0.782. The van der Waals surface area contributed by atoms with E-state index in [1.54, 1.807) is 0 Å². The zero-order valence-electron chi connectivity index (χ0n) is 11.0. The molecule has 1 saturated carbocycles. The molecule has 1 unspecified atom stereocenters. The van der Waals surface area contributed by atoms with E-state index in [9.17, 15) is 0 Å². The Hall–Kier alpha value is -0.120. The van der Waals surface area contributed by atoms with Gasteiger partial charge in [-0.2, -0.15) is 0 Å². The molecule has 1 aliphatic carbocycles. The van der Waals surface area contributed by atoms with Gasteiger partial charge in [0.25, 0.3) is 0 Å². The molecule has 0 aliphatic heterocycles. The number of ether oxygens (including phenoxy) is 1. The fourth-order valence-electron chi connectivity index (χ4n) is 1.56. The van der Waals surface area contributed by atoms with E-state index in [4.69, 9.17) is 14.9 Å². The van der Waals surface area contributed by atoms with Crippen LogP contribution in [0.25, 0.3) is 0 Å². The molecule has 98 valence electrons. The summed E-state index contributed by atoms with van der Waals surface area (Å²) in [6.07, 6.45) is 6.80. The third-order valence-corrected chi connectivity index (χ3v) is 2.48. The van der Waals surface area contributed by atoms with Crippen molar-refractivity contribution < 1.29 is 14.9 Å². The second-order valence-corrected chi connectivity index (χ2v) is 5.02. The van der Waals surface area contributed by atoms with Crippen LogP contribution in [0.15, 0.2) is 0 Å². The predicted molar refractivity (Wildman–Crippen MR) is 66.4 cm³/mol. The van der Waals surface area contributed by atoms with Crippen molar-refractivity contribution in [1.29, 1.82) is 0 Å². The van der Waals surface area contributed by atoms with Crippen molar-refractivity contribution in [3.05, 3.63) is 0 Å². The van der Waals surface area contributed by atoms with Gasteiger partial charge in [0.1, 0.15) is 0 Å². The smallest absolute Gasteiger partial charge is 0.0742 e. The Morgan fingerprint density at radius 3 is 2.00 bits per heavy atom. The van der Waals surface area contributed by atoms with E-state index in [2.05, 4.69) is 13.8 Å². The van der Waals surface area contributed by atoms with Crippen molar-refractivity contribution in [1.82, 2.24) is 0 Å². The van der Waals surface area contributed by atoms with Crippen LogP contribution in [0.5, 0.6) is 0 Å². The van der Waals surface area contributed by atoms with Crippen LogP contribution >= 0.6 is 0 Å². The van der Waals surface area contributed by atoms with Crippen LogP contribution in [-0.4, -0.2) is 35.6 Å². The molecule has 3 nitrogen and oxygen atoms in total. The van der Waals surface area contributed by atoms with E-state index in [0.717, 1.165) is 6.61 Å². The van der Waals surface area contributed by atoms with Crippen molar-refractivity contribution in [2.45, 2.75) is 65.1 Å². The highest BCUT2D eigenvalue weighted by atomic mass is 16.5. The Bertz CT molecular complexity index is 140. The van der Waals surface area contributed by atoms with Gasteiger partial charge in [-0.25, -0.2) is 0 Å². The van der Waals surface area contributed by atoms with Gasteiger partial charge in [0, 0.05) is 6.61 Å². The number of aliphatic hydroxyl groups excluding tert-OH is 2. The zero-order chi connectivity index (χ0) is 12.4. The van der Waals surface area contributed by atoms with Crippen LogP contribution in [-0.2, 0) is 4.74 Å². The molecule has 0 spiro atoms. The maximum absolute atomic E-state index is 8.11. The van der Waals surface area contributed by atoms with Gasteiger partial charge < -0.3 is 14.9 Å². The van der Waals surface area contributed by atoms with Crippen LogP contribution in [0.2, 0.25) is 0 Å². The van der Waals surface area contributed by atoms with Gasteiger partial charge in [-0.1, -0.05) is 33.1 Å². The summed E-state index contributed by atoms with van der Waals surface area (Å²) in [4.78, 5) is 0. The summed E-state index contributed by atoms with van der Waals surface area (Å²) in [5, 5.41) is 16.0. The summed E-state index contributed by atoms with van der Waals surface area (Å²) < 4.78 is 5.74. The van der Waals surface area contributed by atoms with Gasteiger partial charge in [-0.05, 0) is 25.7 Å². The summed E-state index contributed by atoms with van der Waals surface area (Å²) in [5.41, 5.74) is 0. The predicted octanol–water partition coefficient (Wildman–Crippen LogP) is 2.35. The maximum Gasteiger partial charge on any atom is 0.0742 e. The molecule has 0 amide bonds. The number of rotatable bonds is 4. The van der Waals surface area contributed by atoms with Crippen LogP contribution in [0.4, 0.5) is 0 Å². The van der Waals surface area contributed by atoms with E-state index in [0.29, 0.717) is 12.0 Å². The monoisotopic (exact) mass is 232 g/mol. The second-order valence-electron chi connectivity index (χ2n) is 5.02. The molecule has 0 radical (unpaired) electrons. The van der Waals surface area contributed by atoms with E-state index in [1.807, 2.05) is 0 Å². The summed E-state index contributed by atoms with van der Waals surface area (Å²) >= 11 is 0. The lowest BCUT2D eigenvalue weighted by Crippen LogP contribution is -2.18. The fraction of sp³-hybridized carbons (Fsp3) is 1.00. The van der Waals surface area contributed by atoms with Crippen molar-refractivity contribution in [2.24, 2.45) is 5.92 Å². The Morgan fingerprint density at radius 2 is 1.62 bits per heavy atom. The molecule has 2 N–H and O–H groups in total. The summed E-state index contributed by atoms with van der Waals surface area (Å²) in [7, 11) is 0. The normalized spacial score (nSPS) is 19.1. The first-order valence-electron chi connectivity index (χ1n) is 6.46. The number of aliphatic hydroxyl groups is 2. The molecule has 0 saturated heterocycles. The van der Waals surface area contributed by atoms with Crippen molar-refractivity contribution in [3.63, 3.8) is 0 Å². The van der Waals surface area contributed by atoms with Crippen molar-refractivity contribution >= 4 is 0 Å². The third kappa shape index (κ3) is 10.4. The Morgan fingerprint density at radius 1 is 1.12 bits per heavy atom. The van der Waals surface area contributed by atoms with Crippen LogP contribution in [0.1, 0.15) is 52.9 Å². The fourth-order valence-corrected chi connectivity index (χ4v) is 1.56. The molecular formula is C13H28O3. The lowest BCUT2D eigenvalue weighted by Gasteiger charge is -2.22. The second kappa shape index (κ2) is 10.1. The van der Waals surface area contributed by atoms with Crippen molar-refractivity contribution in [2.75, 3.05) is 13.2 Å². The maximum atomic E-state index is 8.11. The first-order chi connectivity index (χ1) is 7.56. The van der Waals surface area contributed by atoms with Gasteiger partial charge in [0.2, 0.25) is 0 Å². The van der Waals surface area contributed by atoms with Crippen LogP contribution in [0.3, 0.4) is 0 Å². The molecule has 1 rings (SSSR count). The highest BCUT2D eigenvalue weighted by Crippen LogP contribution is 2.20. The molecular weight excluding hydrogens is 204 g/mol. The minimum Gasteiger partial charge on any atom is -0.394 e. The van der Waals surface area contributed by atoms with E-state index in [-0.39, 0.29) is 6.61 Å². The Balaban J connectivity index is 0.000000385. The van der Waals surface area contributed by atoms with Gasteiger partial charge >= 0.3 is 0 Å². The molecule has 0 heterocycles. The molecule has 0 bridgehead atoms. The molecule has 0 aromatic rings. The Kier molecular flexibility index (Phi) is 9.99. The largest absolute Gasteiger partial charge is 0.394 e. The lowest BCUT2D eigenvalue weighted by atomic mass is 9.98. The lowest BCUT2D eigenvalue weighted by molar-refractivity contribution is 0.0137. The van der Waals surface area contributed by atoms with E-state index < -0.39 is 6.10 Å². The molecule has 1 atom stereocenters. The minimum absolute atomic E-state index is 0.139. The first-order valence-corrected chi connectivity index (χ1v) is 6.46. The highest BCUT2D eigenvalue weighted by Gasteiger charge is 2.13. The first kappa shape index (κ1) is 15.9. The van der Waals surface area contributed by atoms with Crippen molar-refractivity contribution in [3.8, 4) is 0 Å². The zero-order valence-corrected chi connectivity index (χ0v) is 11.0. The molecule has 0 aromatic carbocycles. The molecule has 1 aliphatic rings. The standard InChI is InChI=1S/C10H20O.C3H8O2/c1-9(2)8-11-10-6-4-3-5-7-10;1-3(5)2-4/h9-10H,3-8H2,1-2H3;3-5H,2H2,1H3.